The highest BCUT2D eigenvalue weighted by molar-refractivity contribution is 7.52. The minimum atomic E-state index is -4.58. The maximum atomic E-state index is 16.3. The van der Waals surface area contributed by atoms with Gasteiger partial charge in [0.25, 0.3) is 5.85 Å². The van der Waals surface area contributed by atoms with E-state index in [0.717, 1.165) is 37.1 Å². The van der Waals surface area contributed by atoms with Crippen molar-refractivity contribution in [2.45, 2.75) is 88.9 Å². The third-order valence-electron chi connectivity index (χ3n) is 7.61. The molecule has 3 aromatic rings. The second-order valence-corrected chi connectivity index (χ2v) is 12.9. The van der Waals surface area contributed by atoms with Crippen molar-refractivity contribution in [2.75, 3.05) is 18.9 Å². The molecule has 17 heteroatoms. The van der Waals surface area contributed by atoms with Gasteiger partial charge in [0.05, 0.1) is 12.9 Å². The number of imidazole rings is 1. The van der Waals surface area contributed by atoms with E-state index in [1.807, 2.05) is 0 Å². The number of aliphatic hydroxyl groups is 1. The molecule has 246 valence electrons. The Morgan fingerprint density at radius 2 is 1.96 bits per heavy atom. The summed E-state index contributed by atoms with van der Waals surface area (Å²) in [5.74, 6) is -4.08. The second kappa shape index (κ2) is 13.1. The van der Waals surface area contributed by atoms with E-state index < -0.39 is 50.2 Å². The number of nitrogens with zero attached hydrogens (tertiary/aromatic N) is 4. The number of rotatable bonds is 12. The zero-order valence-electron chi connectivity index (χ0n) is 25.1. The first-order valence-corrected chi connectivity index (χ1v) is 16.2. The molecular formula is C28H37F2N6O8P. The van der Waals surface area contributed by atoms with E-state index in [2.05, 4.69) is 20.0 Å². The van der Waals surface area contributed by atoms with E-state index in [1.165, 1.54) is 19.1 Å². The number of nitrogens with one attached hydrogen (secondary N) is 1. The van der Waals surface area contributed by atoms with Crippen LogP contribution in [0.5, 0.6) is 11.6 Å². The summed E-state index contributed by atoms with van der Waals surface area (Å²) >= 11 is 0. The molecule has 4 N–H and O–H groups in total. The topological polar surface area (TPSA) is 182 Å². The molecule has 1 saturated carbocycles. The predicted octanol–water partition coefficient (Wildman–Crippen LogP) is 4.15. The second-order valence-electron chi connectivity index (χ2n) is 11.2. The number of fused-ring (bicyclic) bond motifs is 1. The van der Waals surface area contributed by atoms with Crippen LogP contribution in [0, 0.1) is 0 Å². The SMILES string of the molecule is CCOc1nc(N)nc2c1ncn2[C@@H]1O[C@](F)(COP(=O)(N[C@@H](C)C(=O)OC2CCCCC2)Oc2ccccc2)[C@@H](O)[C@@]1(C)F. The number of nitrogen functional groups attached to an aromatic ring is 1. The smallest absolute Gasteiger partial charge is 0.459 e. The van der Waals surface area contributed by atoms with E-state index in [1.54, 1.807) is 25.1 Å². The number of nitrogens with two attached hydrogens (primary N) is 1. The summed E-state index contributed by atoms with van der Waals surface area (Å²) in [6.45, 7) is 2.98. The maximum Gasteiger partial charge on any atom is 0.459 e. The number of hydrogen-bond acceptors (Lipinski definition) is 12. The Bertz CT molecular complexity index is 1540. The van der Waals surface area contributed by atoms with Gasteiger partial charge in [-0.3, -0.25) is 13.9 Å². The van der Waals surface area contributed by atoms with Crippen LogP contribution in [0.4, 0.5) is 14.7 Å². The summed E-state index contributed by atoms with van der Waals surface area (Å²) in [5.41, 5.74) is 3.07. The first kappa shape index (κ1) is 32.9. The Morgan fingerprint density at radius 3 is 2.64 bits per heavy atom. The van der Waals surface area contributed by atoms with Crippen molar-refractivity contribution in [1.29, 1.82) is 0 Å². The van der Waals surface area contributed by atoms with Crippen LogP contribution in [0.15, 0.2) is 36.7 Å². The summed E-state index contributed by atoms with van der Waals surface area (Å²) in [6, 6.07) is 6.63. The fraction of sp³-hybridized carbons (Fsp3) is 0.571. The quantitative estimate of drug-likeness (QED) is 0.187. The molecule has 5 rings (SSSR count). The van der Waals surface area contributed by atoms with Gasteiger partial charge in [-0.25, -0.2) is 18.3 Å². The summed E-state index contributed by atoms with van der Waals surface area (Å²) in [7, 11) is -4.58. The molecule has 1 unspecified atom stereocenters. The number of hydrogen-bond donors (Lipinski definition) is 3. The van der Waals surface area contributed by atoms with Crippen molar-refractivity contribution in [3.63, 3.8) is 0 Å². The van der Waals surface area contributed by atoms with Crippen LogP contribution in [0.3, 0.4) is 0 Å². The zero-order valence-corrected chi connectivity index (χ0v) is 26.0. The third-order valence-corrected chi connectivity index (χ3v) is 9.24. The van der Waals surface area contributed by atoms with Crippen LogP contribution < -0.4 is 20.1 Å². The molecule has 0 radical (unpaired) electrons. The standard InChI is InChI=1S/C28H37F2N6O8P/c1-4-40-22-20-21(33-26(31)34-22)36(16-32-20)25-27(3,29)24(38)28(30,43-25)15-41-45(39,44-19-13-9-6-10-14-19)35-17(2)23(37)42-18-11-7-5-8-12-18/h6,9-10,13-14,16-18,24-25,38H,4-5,7-8,11-12,15H2,1-3H3,(H,35,39)(H2,31,33,34)/t17-,24-,25+,27+,28+,45?/m0/s1. The number of benzene rings is 1. The van der Waals surface area contributed by atoms with Crippen molar-refractivity contribution in [3.05, 3.63) is 36.7 Å². The maximum absolute atomic E-state index is 16.3. The summed E-state index contributed by atoms with van der Waals surface area (Å²) in [6.07, 6.45) is 0.910. The van der Waals surface area contributed by atoms with Crippen LogP contribution in [-0.2, 0) is 23.4 Å². The van der Waals surface area contributed by atoms with Gasteiger partial charge in [0.15, 0.2) is 29.2 Å². The number of esters is 1. The van der Waals surface area contributed by atoms with Gasteiger partial charge in [0, 0.05) is 0 Å². The monoisotopic (exact) mass is 654 g/mol. The van der Waals surface area contributed by atoms with Crippen molar-refractivity contribution in [3.8, 4) is 11.6 Å². The first-order valence-electron chi connectivity index (χ1n) is 14.7. The lowest BCUT2D eigenvalue weighted by molar-refractivity contribution is -0.202. The normalized spacial score (nSPS) is 27.6. The molecule has 2 aliphatic rings. The highest BCUT2D eigenvalue weighted by atomic mass is 31.2. The number of aliphatic hydroxyl groups excluding tert-OH is 1. The third kappa shape index (κ3) is 7.04. The van der Waals surface area contributed by atoms with Crippen molar-refractivity contribution in [1.82, 2.24) is 24.6 Å². The van der Waals surface area contributed by atoms with E-state index in [0.29, 0.717) is 12.8 Å². The van der Waals surface area contributed by atoms with E-state index in [-0.39, 0.29) is 41.5 Å². The Hall–Kier alpha value is -3.43. The van der Waals surface area contributed by atoms with E-state index in [4.69, 9.17) is 29.0 Å². The molecule has 1 aromatic carbocycles. The number of ether oxygens (including phenoxy) is 3. The number of carbonyl (C=O) groups excluding carboxylic acids is 1. The van der Waals surface area contributed by atoms with Crippen molar-refractivity contribution >= 4 is 30.8 Å². The van der Waals surface area contributed by atoms with Gasteiger partial charge in [-0.2, -0.15) is 15.1 Å². The molecule has 3 heterocycles. The van der Waals surface area contributed by atoms with Gasteiger partial charge >= 0.3 is 13.7 Å². The zero-order chi connectivity index (χ0) is 32.4. The highest BCUT2D eigenvalue weighted by Gasteiger charge is 2.65. The Balaban J connectivity index is 1.37. The number of alkyl halides is 2. The lowest BCUT2D eigenvalue weighted by Crippen LogP contribution is -2.47. The number of halogens is 2. The molecule has 2 aromatic heterocycles. The van der Waals surface area contributed by atoms with Gasteiger partial charge in [-0.15, -0.1) is 0 Å². The molecule has 14 nitrogen and oxygen atoms in total. The van der Waals surface area contributed by atoms with Crippen LogP contribution >= 0.6 is 7.75 Å². The fourth-order valence-electron chi connectivity index (χ4n) is 5.30. The molecule has 0 spiro atoms. The summed E-state index contributed by atoms with van der Waals surface area (Å²) < 4.78 is 74.9. The van der Waals surface area contributed by atoms with Gasteiger partial charge in [-0.05, 0) is 58.6 Å². The number of carbonyl (C=O) groups is 1. The first-order chi connectivity index (χ1) is 21.3. The number of para-hydroxylation sites is 1. The summed E-state index contributed by atoms with van der Waals surface area (Å²) in [5, 5.41) is 13.3. The lowest BCUT2D eigenvalue weighted by Gasteiger charge is -2.28. The van der Waals surface area contributed by atoms with Crippen molar-refractivity contribution < 1.29 is 46.5 Å². The van der Waals surface area contributed by atoms with E-state index >= 15 is 8.78 Å². The average Bonchev–Trinajstić information content (AvgIpc) is 3.50. The molecule has 1 saturated heterocycles. The Labute approximate surface area is 258 Å². The van der Waals surface area contributed by atoms with Crippen LogP contribution in [0.25, 0.3) is 11.2 Å². The Kier molecular flexibility index (Phi) is 9.61. The lowest BCUT2D eigenvalue weighted by atomic mass is 9.97. The predicted molar refractivity (Wildman–Crippen MR) is 157 cm³/mol. The highest BCUT2D eigenvalue weighted by Crippen LogP contribution is 2.52. The van der Waals surface area contributed by atoms with Gasteiger partial charge in [0.1, 0.15) is 24.5 Å². The number of aromatic nitrogens is 4. The fourth-order valence-corrected chi connectivity index (χ4v) is 6.81. The van der Waals surface area contributed by atoms with Crippen LogP contribution in [0.1, 0.15) is 59.1 Å². The van der Waals surface area contributed by atoms with Gasteiger partial charge < -0.3 is 29.6 Å². The molecule has 1 aliphatic carbocycles. The minimum absolute atomic E-state index is 0.0221. The summed E-state index contributed by atoms with van der Waals surface area (Å²) in [4.78, 5) is 25.0. The molecule has 2 fully saturated rings. The molecule has 0 bridgehead atoms. The number of anilines is 1. The van der Waals surface area contributed by atoms with Crippen LogP contribution in [0.2, 0.25) is 0 Å². The Morgan fingerprint density at radius 1 is 1.24 bits per heavy atom. The van der Waals surface area contributed by atoms with Gasteiger partial charge in [0.2, 0.25) is 11.8 Å². The molecule has 45 heavy (non-hydrogen) atoms. The molecular weight excluding hydrogens is 617 g/mol. The molecule has 6 atom stereocenters. The largest absolute Gasteiger partial charge is 0.476 e. The molecule has 1 aliphatic heterocycles. The molecule has 0 amide bonds. The van der Waals surface area contributed by atoms with Gasteiger partial charge in [-0.1, -0.05) is 24.6 Å². The average molecular weight is 655 g/mol. The van der Waals surface area contributed by atoms with Crippen molar-refractivity contribution in [2.24, 2.45) is 0 Å². The van der Waals surface area contributed by atoms with Crippen LogP contribution in [-0.4, -0.2) is 73.6 Å². The minimum Gasteiger partial charge on any atom is -0.476 e. The van der Waals surface area contributed by atoms with E-state index in [9.17, 15) is 14.5 Å².